The first kappa shape index (κ1) is 14.4. The zero-order chi connectivity index (χ0) is 13.1. The predicted molar refractivity (Wildman–Crippen MR) is 61.3 cm³/mol. The smallest absolute Gasteiger partial charge is 0.316 e. The minimum atomic E-state index is -4.20. The summed E-state index contributed by atoms with van der Waals surface area (Å²) in [6.07, 6.45) is -4.90. The zero-order valence-electron chi connectivity index (χ0n) is 9.11. The molecule has 96 valence electrons. The fourth-order valence-corrected chi connectivity index (χ4v) is 1.93. The molecule has 0 aromatic heterocycles. The Morgan fingerprint density at radius 2 is 2.00 bits per heavy atom. The number of hydrogen-bond donors (Lipinski definition) is 1. The first-order valence-electron chi connectivity index (χ1n) is 5.00. The Morgan fingerprint density at radius 1 is 1.35 bits per heavy atom. The van der Waals surface area contributed by atoms with Gasteiger partial charge in [0.2, 0.25) is 0 Å². The molecule has 17 heavy (non-hydrogen) atoms. The van der Waals surface area contributed by atoms with Crippen molar-refractivity contribution < 1.29 is 17.6 Å². The van der Waals surface area contributed by atoms with E-state index < -0.39 is 24.5 Å². The van der Waals surface area contributed by atoms with E-state index in [0.717, 1.165) is 0 Å². The van der Waals surface area contributed by atoms with E-state index in [2.05, 4.69) is 21.2 Å². The van der Waals surface area contributed by atoms with Crippen LogP contribution in [0, 0.1) is 5.82 Å². The van der Waals surface area contributed by atoms with Crippen LogP contribution in [0.4, 0.5) is 17.6 Å². The summed E-state index contributed by atoms with van der Waals surface area (Å²) in [7, 11) is 1.48. The van der Waals surface area contributed by atoms with Crippen LogP contribution in [0.2, 0.25) is 0 Å². The molecular formula is C11H12BrF4N. The van der Waals surface area contributed by atoms with E-state index in [0.29, 0.717) is 5.56 Å². The van der Waals surface area contributed by atoms with E-state index >= 15 is 0 Å². The van der Waals surface area contributed by atoms with Crippen LogP contribution in [0.1, 0.15) is 12.0 Å². The fraction of sp³-hybridized carbons (Fsp3) is 0.455. The monoisotopic (exact) mass is 313 g/mol. The molecule has 0 fully saturated rings. The zero-order valence-corrected chi connectivity index (χ0v) is 10.7. The molecule has 1 aromatic rings. The third kappa shape index (κ3) is 5.04. The first-order valence-corrected chi connectivity index (χ1v) is 5.79. The molecule has 1 unspecified atom stereocenters. The summed E-state index contributed by atoms with van der Waals surface area (Å²) >= 11 is 3.00. The van der Waals surface area contributed by atoms with Crippen molar-refractivity contribution in [2.24, 2.45) is 0 Å². The Morgan fingerprint density at radius 3 is 2.47 bits per heavy atom. The number of nitrogens with one attached hydrogen (secondary N) is 1. The second kappa shape index (κ2) is 5.82. The maximum atomic E-state index is 12.9. The lowest BCUT2D eigenvalue weighted by atomic mass is 10.0. The summed E-state index contributed by atoms with van der Waals surface area (Å²) in [6, 6.07) is 3.52. The molecule has 0 radical (unpaired) electrons. The van der Waals surface area contributed by atoms with Crippen LogP contribution < -0.4 is 5.32 Å². The van der Waals surface area contributed by atoms with Gasteiger partial charge in [-0.05, 0) is 47.1 Å². The van der Waals surface area contributed by atoms with Crippen molar-refractivity contribution in [3.8, 4) is 0 Å². The lowest BCUT2D eigenvalue weighted by Crippen LogP contribution is -2.32. The van der Waals surface area contributed by atoms with Crippen molar-refractivity contribution in [3.63, 3.8) is 0 Å². The van der Waals surface area contributed by atoms with Gasteiger partial charge in [0, 0.05) is 6.04 Å². The number of benzene rings is 1. The fourth-order valence-electron chi connectivity index (χ4n) is 1.51. The molecule has 1 nitrogen and oxygen atoms in total. The SMILES string of the molecule is CNC(Cc1ccc(F)c(Br)c1)CC(F)(F)F. The number of likely N-dealkylation sites (N-methyl/N-ethyl adjacent to an activating group) is 1. The Bertz CT molecular complexity index is 378. The highest BCUT2D eigenvalue weighted by Gasteiger charge is 2.31. The number of alkyl halides is 3. The highest BCUT2D eigenvalue weighted by atomic mass is 79.9. The van der Waals surface area contributed by atoms with Gasteiger partial charge in [-0.15, -0.1) is 0 Å². The molecule has 0 saturated heterocycles. The molecule has 0 aliphatic carbocycles. The van der Waals surface area contributed by atoms with Crippen LogP contribution in [0.25, 0.3) is 0 Å². The van der Waals surface area contributed by atoms with E-state index in [-0.39, 0.29) is 10.9 Å². The molecule has 1 aromatic carbocycles. The molecule has 0 saturated carbocycles. The average Bonchev–Trinajstić information content (AvgIpc) is 2.20. The van der Waals surface area contributed by atoms with Crippen LogP contribution in [-0.4, -0.2) is 19.3 Å². The maximum Gasteiger partial charge on any atom is 0.390 e. The summed E-state index contributed by atoms with van der Waals surface area (Å²) in [6.45, 7) is 0. The summed E-state index contributed by atoms with van der Waals surface area (Å²) < 4.78 is 49.9. The Hall–Kier alpha value is -0.620. The lowest BCUT2D eigenvalue weighted by Gasteiger charge is -2.18. The van der Waals surface area contributed by atoms with Gasteiger partial charge < -0.3 is 5.32 Å². The minimum absolute atomic E-state index is 0.203. The Labute approximate surface area is 105 Å². The highest BCUT2D eigenvalue weighted by molar-refractivity contribution is 9.10. The van der Waals surface area contributed by atoms with E-state index in [4.69, 9.17) is 0 Å². The molecule has 1 rings (SSSR count). The van der Waals surface area contributed by atoms with Gasteiger partial charge in [-0.3, -0.25) is 0 Å². The van der Waals surface area contributed by atoms with Gasteiger partial charge in [-0.25, -0.2) is 4.39 Å². The van der Waals surface area contributed by atoms with Crippen molar-refractivity contribution in [1.29, 1.82) is 0 Å². The predicted octanol–water partition coefficient (Wildman–Crippen LogP) is 3.67. The van der Waals surface area contributed by atoms with E-state index in [1.54, 1.807) is 0 Å². The van der Waals surface area contributed by atoms with Gasteiger partial charge in [0.1, 0.15) is 5.82 Å². The molecule has 0 heterocycles. The van der Waals surface area contributed by atoms with Crippen LogP contribution >= 0.6 is 15.9 Å². The van der Waals surface area contributed by atoms with Gasteiger partial charge in [-0.1, -0.05) is 6.07 Å². The molecule has 1 atom stereocenters. The molecule has 1 N–H and O–H groups in total. The third-order valence-electron chi connectivity index (χ3n) is 2.35. The Balaban J connectivity index is 2.70. The molecule has 0 aliphatic heterocycles. The lowest BCUT2D eigenvalue weighted by molar-refractivity contribution is -0.139. The molecule has 0 bridgehead atoms. The second-order valence-electron chi connectivity index (χ2n) is 3.76. The summed E-state index contributed by atoms with van der Waals surface area (Å²) in [5, 5.41) is 2.61. The number of hydrogen-bond acceptors (Lipinski definition) is 1. The quantitative estimate of drug-likeness (QED) is 0.836. The standard InChI is InChI=1S/C11H12BrF4N/c1-17-8(6-11(14,15)16)4-7-2-3-10(13)9(12)5-7/h2-3,5,8,17H,4,6H2,1H3. The van der Waals surface area contributed by atoms with E-state index in [1.807, 2.05) is 0 Å². The van der Waals surface area contributed by atoms with Crippen molar-refractivity contribution >= 4 is 15.9 Å². The van der Waals surface area contributed by atoms with Crippen LogP contribution in [0.3, 0.4) is 0 Å². The van der Waals surface area contributed by atoms with Gasteiger partial charge >= 0.3 is 6.18 Å². The van der Waals surface area contributed by atoms with Crippen LogP contribution in [-0.2, 0) is 6.42 Å². The molecule has 6 heteroatoms. The van der Waals surface area contributed by atoms with Gasteiger partial charge in [0.25, 0.3) is 0 Å². The first-order chi connectivity index (χ1) is 7.81. The topological polar surface area (TPSA) is 12.0 Å². The summed E-state index contributed by atoms with van der Waals surface area (Å²) in [4.78, 5) is 0. The molecule has 0 aliphatic rings. The summed E-state index contributed by atoms with van der Waals surface area (Å²) in [5.41, 5.74) is 0.655. The van der Waals surface area contributed by atoms with E-state index in [9.17, 15) is 17.6 Å². The normalized spacial score (nSPS) is 13.8. The van der Waals surface area contributed by atoms with Gasteiger partial charge in [-0.2, -0.15) is 13.2 Å². The maximum absolute atomic E-state index is 12.9. The molecule has 0 spiro atoms. The van der Waals surface area contributed by atoms with Crippen LogP contribution in [0.15, 0.2) is 22.7 Å². The second-order valence-corrected chi connectivity index (χ2v) is 4.61. The largest absolute Gasteiger partial charge is 0.390 e. The van der Waals surface area contributed by atoms with E-state index in [1.165, 1.54) is 25.2 Å². The summed E-state index contributed by atoms with van der Waals surface area (Å²) in [5.74, 6) is -0.425. The van der Waals surface area contributed by atoms with Crippen molar-refractivity contribution in [3.05, 3.63) is 34.1 Å². The minimum Gasteiger partial charge on any atom is -0.316 e. The Kier molecular flexibility index (Phi) is 4.94. The molecular weight excluding hydrogens is 302 g/mol. The number of rotatable bonds is 4. The molecule has 0 amide bonds. The van der Waals surface area contributed by atoms with Crippen molar-refractivity contribution in [2.75, 3.05) is 7.05 Å². The number of halogens is 5. The van der Waals surface area contributed by atoms with Gasteiger partial charge in [0.15, 0.2) is 0 Å². The highest BCUT2D eigenvalue weighted by Crippen LogP contribution is 2.24. The van der Waals surface area contributed by atoms with Crippen molar-refractivity contribution in [1.82, 2.24) is 5.32 Å². The van der Waals surface area contributed by atoms with Crippen molar-refractivity contribution in [2.45, 2.75) is 25.1 Å². The third-order valence-corrected chi connectivity index (χ3v) is 2.96. The average molecular weight is 314 g/mol. The van der Waals surface area contributed by atoms with Crippen LogP contribution in [0.5, 0.6) is 0 Å². The van der Waals surface area contributed by atoms with Gasteiger partial charge in [0.05, 0.1) is 10.9 Å².